The van der Waals surface area contributed by atoms with Gasteiger partial charge in [-0.05, 0) is 54.5 Å². The van der Waals surface area contributed by atoms with Crippen molar-refractivity contribution in [1.82, 2.24) is 0 Å². The highest BCUT2D eigenvalue weighted by Crippen LogP contribution is 2.26. The standard InChI is InChI=1S/C19H18F2N2O3S2/c20-19(21)27-17-9-5-15(6-10-17)22-18(24)11-4-14-2-7-16(8-3-14)23-12-1-13-28(23,25)26/h2-11,19H,1,12-13H2,(H,22,24)/b11-4+. The van der Waals surface area contributed by atoms with E-state index in [1.807, 2.05) is 0 Å². The molecule has 0 bridgehead atoms. The van der Waals surface area contributed by atoms with Crippen molar-refractivity contribution < 1.29 is 22.0 Å². The van der Waals surface area contributed by atoms with Gasteiger partial charge in [-0.2, -0.15) is 8.78 Å². The fourth-order valence-electron chi connectivity index (χ4n) is 2.76. The third-order valence-corrected chi connectivity index (χ3v) is 6.65. The maximum atomic E-state index is 12.3. The van der Waals surface area contributed by atoms with Gasteiger partial charge in [-0.3, -0.25) is 9.10 Å². The van der Waals surface area contributed by atoms with Crippen LogP contribution in [0.15, 0.2) is 59.5 Å². The van der Waals surface area contributed by atoms with Crippen molar-refractivity contribution in [2.45, 2.75) is 17.1 Å². The zero-order valence-electron chi connectivity index (χ0n) is 14.7. The van der Waals surface area contributed by atoms with Gasteiger partial charge in [0.1, 0.15) is 0 Å². The zero-order chi connectivity index (χ0) is 20.1. The van der Waals surface area contributed by atoms with Crippen molar-refractivity contribution in [1.29, 1.82) is 0 Å². The lowest BCUT2D eigenvalue weighted by atomic mass is 10.2. The fraction of sp³-hybridized carbons (Fsp3) is 0.211. The molecule has 9 heteroatoms. The number of hydrogen-bond donors (Lipinski definition) is 1. The SMILES string of the molecule is O=C(/C=C/c1ccc(N2CCCS2(=O)=O)cc1)Nc1ccc(SC(F)F)cc1. The molecule has 2 aromatic rings. The van der Waals surface area contributed by atoms with Gasteiger partial charge in [0, 0.05) is 23.2 Å². The van der Waals surface area contributed by atoms with Crippen LogP contribution in [-0.2, 0) is 14.8 Å². The normalized spacial score (nSPS) is 16.0. The summed E-state index contributed by atoms with van der Waals surface area (Å²) in [6.07, 6.45) is 3.58. The van der Waals surface area contributed by atoms with Crippen molar-refractivity contribution in [3.05, 3.63) is 60.2 Å². The maximum absolute atomic E-state index is 12.3. The Bertz CT molecular complexity index is 960. The maximum Gasteiger partial charge on any atom is 0.288 e. The minimum Gasteiger partial charge on any atom is -0.323 e. The number of anilines is 2. The van der Waals surface area contributed by atoms with E-state index in [0.717, 1.165) is 5.56 Å². The number of thioether (sulfide) groups is 1. The predicted molar refractivity (Wildman–Crippen MR) is 108 cm³/mol. The van der Waals surface area contributed by atoms with E-state index in [1.54, 1.807) is 42.5 Å². The number of carbonyl (C=O) groups is 1. The summed E-state index contributed by atoms with van der Waals surface area (Å²) in [5.74, 6) is -2.68. The monoisotopic (exact) mass is 424 g/mol. The minimum atomic E-state index is -3.22. The summed E-state index contributed by atoms with van der Waals surface area (Å²) in [4.78, 5) is 12.4. The first-order valence-corrected chi connectivity index (χ1v) is 11.0. The molecule has 0 atom stereocenters. The topological polar surface area (TPSA) is 66.5 Å². The molecule has 1 fully saturated rings. The van der Waals surface area contributed by atoms with Crippen LogP contribution in [0.25, 0.3) is 6.08 Å². The van der Waals surface area contributed by atoms with Crippen molar-refractivity contribution in [2.24, 2.45) is 0 Å². The van der Waals surface area contributed by atoms with Gasteiger partial charge in [0.2, 0.25) is 15.9 Å². The van der Waals surface area contributed by atoms with E-state index in [9.17, 15) is 22.0 Å². The lowest BCUT2D eigenvalue weighted by Gasteiger charge is -2.16. The number of nitrogens with one attached hydrogen (secondary N) is 1. The number of hydrogen-bond acceptors (Lipinski definition) is 4. The number of carbonyl (C=O) groups excluding carboxylic acids is 1. The Kier molecular flexibility index (Phi) is 6.35. The Morgan fingerprint density at radius 2 is 1.79 bits per heavy atom. The number of benzene rings is 2. The average Bonchev–Trinajstić information content (AvgIpc) is 3.01. The van der Waals surface area contributed by atoms with Gasteiger partial charge >= 0.3 is 0 Å². The number of amides is 1. The average molecular weight is 424 g/mol. The summed E-state index contributed by atoms with van der Waals surface area (Å²) in [7, 11) is -3.22. The van der Waals surface area contributed by atoms with Crippen LogP contribution >= 0.6 is 11.8 Å². The molecule has 0 aromatic heterocycles. The van der Waals surface area contributed by atoms with Crippen molar-refractivity contribution in [2.75, 3.05) is 21.9 Å². The number of nitrogens with zero attached hydrogens (tertiary/aromatic N) is 1. The third kappa shape index (κ3) is 5.32. The summed E-state index contributed by atoms with van der Waals surface area (Å²) in [5, 5.41) is 2.65. The first kappa shape index (κ1) is 20.3. The molecule has 1 heterocycles. The molecule has 0 aliphatic carbocycles. The van der Waals surface area contributed by atoms with E-state index < -0.39 is 15.8 Å². The van der Waals surface area contributed by atoms with Gasteiger partial charge in [-0.15, -0.1) is 0 Å². The highest BCUT2D eigenvalue weighted by atomic mass is 32.2. The van der Waals surface area contributed by atoms with Gasteiger partial charge < -0.3 is 5.32 Å². The number of rotatable bonds is 6. The van der Waals surface area contributed by atoms with Gasteiger partial charge in [-0.1, -0.05) is 23.9 Å². The Morgan fingerprint density at radius 1 is 1.11 bits per heavy atom. The molecule has 1 aliphatic rings. The Labute approximate surface area is 166 Å². The molecule has 148 valence electrons. The molecule has 0 unspecified atom stereocenters. The summed E-state index contributed by atoms with van der Waals surface area (Å²) >= 11 is 0.442. The smallest absolute Gasteiger partial charge is 0.288 e. The Hall–Kier alpha value is -2.39. The second-order valence-electron chi connectivity index (χ2n) is 6.06. The summed E-state index contributed by atoms with van der Waals surface area (Å²) in [6, 6.07) is 13.0. The van der Waals surface area contributed by atoms with Crippen molar-refractivity contribution >= 4 is 45.1 Å². The molecule has 5 nitrogen and oxygen atoms in total. The molecule has 1 N–H and O–H groups in total. The molecular formula is C19H18F2N2O3S2. The van der Waals surface area contributed by atoms with Crippen LogP contribution in [0, 0.1) is 0 Å². The molecule has 1 saturated heterocycles. The summed E-state index contributed by atoms with van der Waals surface area (Å²) in [5.41, 5.74) is 1.86. The first-order chi connectivity index (χ1) is 13.3. The van der Waals surface area contributed by atoms with Crippen LogP contribution < -0.4 is 9.62 Å². The molecule has 28 heavy (non-hydrogen) atoms. The van der Waals surface area contributed by atoms with E-state index in [2.05, 4.69) is 5.32 Å². The van der Waals surface area contributed by atoms with Crippen LogP contribution in [0.5, 0.6) is 0 Å². The lowest BCUT2D eigenvalue weighted by molar-refractivity contribution is -0.111. The van der Waals surface area contributed by atoms with Crippen LogP contribution in [0.1, 0.15) is 12.0 Å². The number of alkyl halides is 2. The molecule has 3 rings (SSSR count). The molecule has 1 amide bonds. The number of sulfonamides is 1. The van der Waals surface area contributed by atoms with Gasteiger partial charge in [0.25, 0.3) is 5.76 Å². The minimum absolute atomic E-state index is 0.163. The van der Waals surface area contributed by atoms with Gasteiger partial charge in [0.15, 0.2) is 0 Å². The zero-order valence-corrected chi connectivity index (χ0v) is 16.3. The Balaban J connectivity index is 1.58. The second-order valence-corrected chi connectivity index (χ2v) is 9.14. The summed E-state index contributed by atoms with van der Waals surface area (Å²) in [6.45, 7) is 0.481. The fourth-order valence-corrected chi connectivity index (χ4v) is 4.82. The highest BCUT2D eigenvalue weighted by Gasteiger charge is 2.28. The second kappa shape index (κ2) is 8.74. The molecular weight excluding hydrogens is 406 g/mol. The van der Waals surface area contributed by atoms with E-state index in [4.69, 9.17) is 0 Å². The molecule has 2 aromatic carbocycles. The molecule has 0 saturated carbocycles. The van der Waals surface area contributed by atoms with Crippen LogP contribution in [-0.4, -0.2) is 32.4 Å². The van der Waals surface area contributed by atoms with E-state index in [0.29, 0.717) is 41.0 Å². The summed E-state index contributed by atoms with van der Waals surface area (Å²) < 4.78 is 49.8. The van der Waals surface area contributed by atoms with E-state index in [-0.39, 0.29) is 11.7 Å². The quantitative estimate of drug-likeness (QED) is 0.558. The van der Waals surface area contributed by atoms with Crippen LogP contribution in [0.3, 0.4) is 0 Å². The Morgan fingerprint density at radius 3 is 2.36 bits per heavy atom. The van der Waals surface area contributed by atoms with E-state index in [1.165, 1.54) is 22.5 Å². The molecule has 0 spiro atoms. The highest BCUT2D eigenvalue weighted by molar-refractivity contribution is 7.99. The van der Waals surface area contributed by atoms with Crippen molar-refractivity contribution in [3.8, 4) is 0 Å². The largest absolute Gasteiger partial charge is 0.323 e. The van der Waals surface area contributed by atoms with Crippen molar-refractivity contribution in [3.63, 3.8) is 0 Å². The number of halogens is 2. The molecule has 0 radical (unpaired) electrons. The van der Waals surface area contributed by atoms with Crippen LogP contribution in [0.4, 0.5) is 20.2 Å². The predicted octanol–water partition coefficient (Wildman–Crippen LogP) is 4.19. The van der Waals surface area contributed by atoms with Gasteiger partial charge in [-0.25, -0.2) is 8.42 Å². The lowest BCUT2D eigenvalue weighted by Crippen LogP contribution is -2.24. The first-order valence-electron chi connectivity index (χ1n) is 8.48. The van der Waals surface area contributed by atoms with Crippen LogP contribution in [0.2, 0.25) is 0 Å². The van der Waals surface area contributed by atoms with Gasteiger partial charge in [0.05, 0.1) is 11.4 Å². The van der Waals surface area contributed by atoms with E-state index >= 15 is 0 Å². The third-order valence-electron chi connectivity index (χ3n) is 4.05. The molecule has 1 aliphatic heterocycles.